The predicted molar refractivity (Wildman–Crippen MR) is 75.5 cm³/mol. The molecule has 0 heterocycles. The second-order valence-corrected chi connectivity index (χ2v) is 6.19. The Kier molecular flexibility index (Phi) is 7.65. The number of rotatable bonds is 5. The minimum absolute atomic E-state index is 0. The van der Waals surface area contributed by atoms with Crippen LogP contribution in [0.2, 0.25) is 5.02 Å². The van der Waals surface area contributed by atoms with E-state index in [-0.39, 0.29) is 24.0 Å². The van der Waals surface area contributed by atoms with Crippen LogP contribution in [0.25, 0.3) is 0 Å². The fraction of sp³-hybridized carbons (Fsp3) is 0.333. The van der Waals surface area contributed by atoms with Crippen LogP contribution in [0.4, 0.5) is 4.39 Å². The minimum atomic E-state index is -3.87. The highest BCUT2D eigenvalue weighted by molar-refractivity contribution is 9.10. The number of halogens is 4. The summed E-state index contributed by atoms with van der Waals surface area (Å²) in [5.74, 6) is -0.849. The van der Waals surface area contributed by atoms with Crippen molar-refractivity contribution in [2.45, 2.75) is 4.90 Å². The zero-order valence-corrected chi connectivity index (χ0v) is 13.3. The van der Waals surface area contributed by atoms with Crippen molar-refractivity contribution < 1.29 is 12.8 Å². The molecule has 0 unspecified atom stereocenters. The summed E-state index contributed by atoms with van der Waals surface area (Å²) in [6.07, 6.45) is 0. The lowest BCUT2D eigenvalue weighted by Gasteiger charge is -2.08. The van der Waals surface area contributed by atoms with Gasteiger partial charge in [-0.2, -0.15) is 0 Å². The van der Waals surface area contributed by atoms with Gasteiger partial charge in [-0.05, 0) is 35.1 Å². The third kappa shape index (κ3) is 4.64. The molecule has 0 fully saturated rings. The first-order valence-corrected chi connectivity index (χ1v) is 7.32. The van der Waals surface area contributed by atoms with Gasteiger partial charge in [-0.1, -0.05) is 11.6 Å². The van der Waals surface area contributed by atoms with Crippen LogP contribution in [-0.4, -0.2) is 28.6 Å². The quantitative estimate of drug-likeness (QED) is 0.607. The van der Waals surface area contributed by atoms with E-state index in [0.29, 0.717) is 11.0 Å². The largest absolute Gasteiger partial charge is 0.318 e. The van der Waals surface area contributed by atoms with Crippen LogP contribution in [0, 0.1) is 5.82 Å². The molecule has 0 saturated heterocycles. The molecule has 0 aliphatic rings. The van der Waals surface area contributed by atoms with E-state index >= 15 is 0 Å². The Hall–Kier alpha value is 0.0800. The van der Waals surface area contributed by atoms with Crippen molar-refractivity contribution in [1.82, 2.24) is 10.0 Å². The monoisotopic (exact) mass is 380 g/mol. The molecule has 0 bridgehead atoms. The second-order valence-electron chi connectivity index (χ2n) is 3.20. The van der Waals surface area contributed by atoms with E-state index in [1.807, 2.05) is 0 Å². The summed E-state index contributed by atoms with van der Waals surface area (Å²) >= 11 is 8.75. The van der Waals surface area contributed by atoms with Gasteiger partial charge in [0.1, 0.15) is 10.7 Å². The number of hydrogen-bond acceptors (Lipinski definition) is 3. The molecule has 0 amide bonds. The van der Waals surface area contributed by atoms with Crippen LogP contribution in [-0.2, 0) is 10.0 Å². The Balaban J connectivity index is 0.00000289. The average Bonchev–Trinajstić information content (AvgIpc) is 2.23. The zero-order chi connectivity index (χ0) is 13.1. The lowest BCUT2D eigenvalue weighted by Crippen LogP contribution is -2.31. The highest BCUT2D eigenvalue weighted by Gasteiger charge is 2.20. The summed E-state index contributed by atoms with van der Waals surface area (Å²) in [5.41, 5.74) is 0. The molecule has 0 radical (unpaired) electrons. The first-order chi connectivity index (χ1) is 7.88. The Morgan fingerprint density at radius 1 is 1.39 bits per heavy atom. The van der Waals surface area contributed by atoms with Gasteiger partial charge in [0.15, 0.2) is 0 Å². The van der Waals surface area contributed by atoms with Crippen molar-refractivity contribution in [3.05, 3.63) is 27.4 Å². The van der Waals surface area contributed by atoms with Gasteiger partial charge in [0.25, 0.3) is 0 Å². The van der Waals surface area contributed by atoms with Crippen LogP contribution in [0.1, 0.15) is 0 Å². The van der Waals surface area contributed by atoms with E-state index in [1.54, 1.807) is 7.05 Å². The molecule has 1 rings (SSSR count). The molecule has 2 N–H and O–H groups in total. The number of likely N-dealkylation sites (N-methyl/N-ethyl adjacent to an activating group) is 1. The molecule has 9 heteroatoms. The van der Waals surface area contributed by atoms with Crippen molar-refractivity contribution in [1.29, 1.82) is 0 Å². The van der Waals surface area contributed by atoms with Crippen LogP contribution in [0.15, 0.2) is 21.5 Å². The summed E-state index contributed by atoms with van der Waals surface area (Å²) < 4.78 is 39.6. The minimum Gasteiger partial charge on any atom is -0.318 e. The molecule has 18 heavy (non-hydrogen) atoms. The molecule has 0 aromatic heterocycles. The van der Waals surface area contributed by atoms with Crippen LogP contribution in [0.5, 0.6) is 0 Å². The molecule has 0 aliphatic carbocycles. The first-order valence-electron chi connectivity index (χ1n) is 4.67. The van der Waals surface area contributed by atoms with E-state index in [4.69, 9.17) is 11.6 Å². The zero-order valence-electron chi connectivity index (χ0n) is 9.34. The Morgan fingerprint density at radius 2 is 2.00 bits per heavy atom. The van der Waals surface area contributed by atoms with Gasteiger partial charge in [-0.25, -0.2) is 17.5 Å². The van der Waals surface area contributed by atoms with Gasteiger partial charge in [0, 0.05) is 17.6 Å². The highest BCUT2D eigenvalue weighted by Crippen LogP contribution is 2.27. The maximum atomic E-state index is 13.5. The summed E-state index contributed by atoms with van der Waals surface area (Å²) in [7, 11) is -2.19. The average molecular weight is 382 g/mol. The maximum absolute atomic E-state index is 13.5. The lowest BCUT2D eigenvalue weighted by atomic mass is 10.3. The maximum Gasteiger partial charge on any atom is 0.243 e. The summed E-state index contributed by atoms with van der Waals surface area (Å²) in [6.45, 7) is 0.622. The lowest BCUT2D eigenvalue weighted by molar-refractivity contribution is 0.555. The smallest absolute Gasteiger partial charge is 0.243 e. The fourth-order valence-corrected chi connectivity index (χ4v) is 2.76. The standard InChI is InChI=1S/C9H11BrClFN2O2S.ClH/c1-13-2-3-14-17(15,16)9-5-7(11)6(10)4-8(9)12;/h4-5,13-14H,2-3H2,1H3;1H. The van der Waals surface area contributed by atoms with Gasteiger partial charge >= 0.3 is 0 Å². The second kappa shape index (κ2) is 7.62. The molecule has 1 aromatic carbocycles. The third-order valence-electron chi connectivity index (χ3n) is 1.93. The Labute approximate surface area is 125 Å². The molecule has 1 aromatic rings. The van der Waals surface area contributed by atoms with Crippen molar-refractivity contribution in [2.75, 3.05) is 20.1 Å². The van der Waals surface area contributed by atoms with Crippen molar-refractivity contribution >= 4 is 50.0 Å². The van der Waals surface area contributed by atoms with Crippen molar-refractivity contribution in [2.24, 2.45) is 0 Å². The summed E-state index contributed by atoms with van der Waals surface area (Å²) in [5, 5.41) is 2.91. The molecule has 0 atom stereocenters. The van der Waals surface area contributed by atoms with Gasteiger partial charge in [-0.3, -0.25) is 0 Å². The van der Waals surface area contributed by atoms with E-state index in [1.165, 1.54) is 0 Å². The van der Waals surface area contributed by atoms with Gasteiger partial charge < -0.3 is 5.32 Å². The molecule has 0 aliphatic heterocycles. The highest BCUT2D eigenvalue weighted by atomic mass is 79.9. The van der Waals surface area contributed by atoms with Gasteiger partial charge in [-0.15, -0.1) is 12.4 Å². The van der Waals surface area contributed by atoms with E-state index in [2.05, 4.69) is 26.0 Å². The van der Waals surface area contributed by atoms with E-state index < -0.39 is 20.7 Å². The van der Waals surface area contributed by atoms with E-state index in [9.17, 15) is 12.8 Å². The topological polar surface area (TPSA) is 58.2 Å². The summed E-state index contributed by atoms with van der Waals surface area (Å²) in [6, 6.07) is 2.09. The van der Waals surface area contributed by atoms with Crippen LogP contribution < -0.4 is 10.0 Å². The van der Waals surface area contributed by atoms with Crippen molar-refractivity contribution in [3.63, 3.8) is 0 Å². The molecule has 4 nitrogen and oxygen atoms in total. The summed E-state index contributed by atoms with van der Waals surface area (Å²) in [4.78, 5) is -0.457. The molecule has 104 valence electrons. The number of hydrogen-bond donors (Lipinski definition) is 2. The molecular weight excluding hydrogens is 370 g/mol. The van der Waals surface area contributed by atoms with Gasteiger partial charge in [0.2, 0.25) is 10.0 Å². The molecule has 0 spiro atoms. The van der Waals surface area contributed by atoms with E-state index in [0.717, 1.165) is 12.1 Å². The predicted octanol–water partition coefficient (Wildman–Crippen LogP) is 2.16. The number of nitrogens with one attached hydrogen (secondary N) is 2. The Morgan fingerprint density at radius 3 is 2.56 bits per heavy atom. The fourth-order valence-electron chi connectivity index (χ4n) is 1.10. The molecule has 0 saturated carbocycles. The first kappa shape index (κ1) is 18.1. The normalized spacial score (nSPS) is 11.1. The Bertz CT molecular complexity index is 514. The van der Waals surface area contributed by atoms with Crippen molar-refractivity contribution in [3.8, 4) is 0 Å². The number of sulfonamides is 1. The van der Waals surface area contributed by atoms with Gasteiger partial charge in [0.05, 0.1) is 5.02 Å². The molecular formula is C9H12BrCl2FN2O2S. The van der Waals surface area contributed by atoms with Crippen LogP contribution >= 0.6 is 39.9 Å². The number of benzene rings is 1. The third-order valence-corrected chi connectivity index (χ3v) is 4.60. The van der Waals surface area contributed by atoms with Crippen LogP contribution in [0.3, 0.4) is 0 Å². The SMILES string of the molecule is CNCCNS(=O)(=O)c1cc(Cl)c(Br)cc1F.Cl.